The van der Waals surface area contributed by atoms with E-state index < -0.39 is 0 Å². The fourth-order valence-electron chi connectivity index (χ4n) is 1.62. The van der Waals surface area contributed by atoms with Crippen LogP contribution in [0.2, 0.25) is 0 Å². The Bertz CT molecular complexity index is 513. The second-order valence-electron chi connectivity index (χ2n) is 3.81. The molecule has 0 spiro atoms. The van der Waals surface area contributed by atoms with Crippen molar-refractivity contribution < 1.29 is 8.81 Å². The second kappa shape index (κ2) is 4.95. The van der Waals surface area contributed by atoms with Gasteiger partial charge < -0.3 is 15.1 Å². The fraction of sp³-hybridized carbons (Fsp3) is 0.167. The van der Waals surface area contributed by atoms with E-state index in [9.17, 15) is 4.39 Å². The highest BCUT2D eigenvalue weighted by atomic mass is 127. The molecule has 0 atom stereocenters. The van der Waals surface area contributed by atoms with E-state index in [-0.39, 0.29) is 5.82 Å². The first kappa shape index (κ1) is 12.2. The number of nitrogen functional groups attached to an aromatic ring is 1. The van der Waals surface area contributed by atoms with E-state index in [1.807, 2.05) is 40.6 Å². The summed E-state index contributed by atoms with van der Waals surface area (Å²) in [6.07, 6.45) is 3.27. The van der Waals surface area contributed by atoms with E-state index >= 15 is 0 Å². The van der Waals surface area contributed by atoms with Crippen LogP contribution in [0.25, 0.3) is 0 Å². The highest BCUT2D eigenvalue weighted by Gasteiger charge is 2.10. The van der Waals surface area contributed by atoms with E-state index in [0.29, 0.717) is 21.5 Å². The number of benzene rings is 1. The summed E-state index contributed by atoms with van der Waals surface area (Å²) in [6.45, 7) is 0.626. The van der Waals surface area contributed by atoms with Crippen LogP contribution in [0.3, 0.4) is 0 Å². The van der Waals surface area contributed by atoms with Gasteiger partial charge in [-0.3, -0.25) is 0 Å². The maximum Gasteiger partial charge on any atom is 0.138 e. The Hall–Kier alpha value is -1.24. The van der Waals surface area contributed by atoms with Crippen LogP contribution in [0, 0.1) is 9.39 Å². The zero-order valence-electron chi connectivity index (χ0n) is 9.28. The molecule has 0 unspecified atom stereocenters. The summed E-state index contributed by atoms with van der Waals surface area (Å²) < 4.78 is 19.0. The summed E-state index contributed by atoms with van der Waals surface area (Å²) >= 11 is 1.92. The van der Waals surface area contributed by atoms with Crippen molar-refractivity contribution in [1.82, 2.24) is 0 Å². The van der Waals surface area contributed by atoms with Gasteiger partial charge in [0.15, 0.2) is 0 Å². The first-order chi connectivity index (χ1) is 8.08. The number of rotatable bonds is 3. The van der Waals surface area contributed by atoms with Crippen LogP contribution in [-0.4, -0.2) is 7.05 Å². The fourth-order valence-corrected chi connectivity index (χ4v) is 2.12. The van der Waals surface area contributed by atoms with Crippen LogP contribution < -0.4 is 10.6 Å². The Morgan fingerprint density at radius 3 is 2.88 bits per heavy atom. The monoisotopic (exact) mass is 346 g/mol. The minimum absolute atomic E-state index is 0.256. The molecule has 2 rings (SSSR count). The highest BCUT2D eigenvalue weighted by Crippen LogP contribution is 2.27. The van der Waals surface area contributed by atoms with E-state index in [0.717, 1.165) is 5.56 Å². The quantitative estimate of drug-likeness (QED) is 0.685. The number of hydrogen-bond donors (Lipinski definition) is 1. The molecule has 1 heterocycles. The van der Waals surface area contributed by atoms with Crippen LogP contribution in [0.1, 0.15) is 5.56 Å². The van der Waals surface area contributed by atoms with Crippen molar-refractivity contribution in [2.75, 3.05) is 17.7 Å². The number of furan rings is 1. The lowest BCUT2D eigenvalue weighted by Gasteiger charge is -2.20. The smallest absolute Gasteiger partial charge is 0.138 e. The Morgan fingerprint density at radius 2 is 2.24 bits per heavy atom. The van der Waals surface area contributed by atoms with Gasteiger partial charge in [0.25, 0.3) is 0 Å². The summed E-state index contributed by atoms with van der Waals surface area (Å²) in [5.41, 5.74) is 8.16. The highest BCUT2D eigenvalue weighted by molar-refractivity contribution is 14.1. The summed E-state index contributed by atoms with van der Waals surface area (Å²) in [5, 5.41) is 0. The molecule has 0 bridgehead atoms. The maximum atomic E-state index is 13.5. The van der Waals surface area contributed by atoms with Gasteiger partial charge in [-0.1, -0.05) is 0 Å². The topological polar surface area (TPSA) is 42.4 Å². The van der Waals surface area contributed by atoms with Crippen molar-refractivity contribution in [2.24, 2.45) is 0 Å². The second-order valence-corrected chi connectivity index (χ2v) is 4.97. The largest absolute Gasteiger partial charge is 0.472 e. The predicted molar refractivity (Wildman–Crippen MR) is 74.3 cm³/mol. The summed E-state index contributed by atoms with van der Waals surface area (Å²) in [5.74, 6) is -0.256. The van der Waals surface area contributed by atoms with E-state index in [1.165, 1.54) is 6.07 Å². The van der Waals surface area contributed by atoms with Gasteiger partial charge in [-0.25, -0.2) is 4.39 Å². The first-order valence-corrected chi connectivity index (χ1v) is 6.12. The van der Waals surface area contributed by atoms with Gasteiger partial charge >= 0.3 is 0 Å². The van der Waals surface area contributed by atoms with Crippen LogP contribution in [0.5, 0.6) is 0 Å². The lowest BCUT2D eigenvalue weighted by molar-refractivity contribution is 0.563. The van der Waals surface area contributed by atoms with Crippen molar-refractivity contribution in [1.29, 1.82) is 0 Å². The third-order valence-electron chi connectivity index (χ3n) is 2.48. The van der Waals surface area contributed by atoms with Crippen molar-refractivity contribution in [3.63, 3.8) is 0 Å². The number of anilines is 2. The first-order valence-electron chi connectivity index (χ1n) is 5.04. The average Bonchev–Trinajstić information content (AvgIpc) is 2.76. The van der Waals surface area contributed by atoms with Crippen LogP contribution in [0.15, 0.2) is 35.1 Å². The molecule has 2 aromatic rings. The SMILES string of the molecule is CN(Cc1ccoc1)c1cc(F)c(I)cc1N. The molecule has 17 heavy (non-hydrogen) atoms. The average molecular weight is 346 g/mol. The minimum atomic E-state index is -0.256. The number of halogens is 2. The predicted octanol–water partition coefficient (Wildman–Crippen LogP) is 3.24. The lowest BCUT2D eigenvalue weighted by atomic mass is 10.2. The standard InChI is InChI=1S/C12H12FIN2O/c1-16(6-8-2-3-17-7-8)12-4-9(13)10(14)5-11(12)15/h2-5,7H,6,15H2,1H3. The van der Waals surface area contributed by atoms with E-state index in [4.69, 9.17) is 10.2 Å². The van der Waals surface area contributed by atoms with Gasteiger partial charge in [0.1, 0.15) is 5.82 Å². The number of nitrogens with two attached hydrogens (primary N) is 1. The lowest BCUT2D eigenvalue weighted by Crippen LogP contribution is -2.17. The Kier molecular flexibility index (Phi) is 3.56. The van der Waals surface area contributed by atoms with Gasteiger partial charge in [-0.15, -0.1) is 0 Å². The molecule has 0 saturated heterocycles. The van der Waals surface area contributed by atoms with Crippen molar-refractivity contribution in [2.45, 2.75) is 6.54 Å². The number of hydrogen-bond acceptors (Lipinski definition) is 3. The molecule has 0 aliphatic rings. The van der Waals surface area contributed by atoms with Gasteiger partial charge in [0.2, 0.25) is 0 Å². The van der Waals surface area contributed by atoms with Gasteiger partial charge in [-0.2, -0.15) is 0 Å². The zero-order valence-corrected chi connectivity index (χ0v) is 11.4. The molecule has 0 aliphatic carbocycles. The Morgan fingerprint density at radius 1 is 1.47 bits per heavy atom. The van der Waals surface area contributed by atoms with Gasteiger partial charge in [0, 0.05) is 25.2 Å². The molecular weight excluding hydrogens is 334 g/mol. The number of nitrogens with zero attached hydrogens (tertiary/aromatic N) is 1. The normalized spacial score (nSPS) is 10.5. The third kappa shape index (κ3) is 2.71. The summed E-state index contributed by atoms with van der Waals surface area (Å²) in [6, 6.07) is 4.96. The maximum absolute atomic E-state index is 13.5. The molecule has 3 nitrogen and oxygen atoms in total. The van der Waals surface area contributed by atoms with Crippen molar-refractivity contribution in [3.05, 3.63) is 45.7 Å². The zero-order chi connectivity index (χ0) is 12.4. The third-order valence-corrected chi connectivity index (χ3v) is 3.31. The molecule has 0 radical (unpaired) electrons. The van der Waals surface area contributed by atoms with Gasteiger partial charge in [0.05, 0.1) is 27.5 Å². The summed E-state index contributed by atoms with van der Waals surface area (Å²) in [7, 11) is 1.87. The van der Waals surface area contributed by atoms with Gasteiger partial charge in [-0.05, 0) is 34.7 Å². The van der Waals surface area contributed by atoms with Crippen LogP contribution in [0.4, 0.5) is 15.8 Å². The molecule has 5 heteroatoms. The molecule has 1 aromatic carbocycles. The molecule has 0 saturated carbocycles. The molecule has 0 fully saturated rings. The molecule has 0 amide bonds. The molecule has 90 valence electrons. The molecular formula is C12H12FIN2O. The van der Waals surface area contributed by atoms with Crippen LogP contribution >= 0.6 is 22.6 Å². The van der Waals surface area contributed by atoms with E-state index in [1.54, 1.807) is 18.6 Å². The van der Waals surface area contributed by atoms with Crippen molar-refractivity contribution >= 4 is 34.0 Å². The minimum Gasteiger partial charge on any atom is -0.472 e. The van der Waals surface area contributed by atoms with Crippen LogP contribution in [-0.2, 0) is 6.54 Å². The Labute approximate surface area is 113 Å². The Balaban J connectivity index is 2.24. The molecule has 0 aliphatic heterocycles. The molecule has 1 aromatic heterocycles. The molecule has 2 N–H and O–H groups in total. The van der Waals surface area contributed by atoms with E-state index in [2.05, 4.69) is 0 Å². The summed E-state index contributed by atoms with van der Waals surface area (Å²) in [4.78, 5) is 1.89. The van der Waals surface area contributed by atoms with Crippen molar-refractivity contribution in [3.8, 4) is 0 Å².